The lowest BCUT2D eigenvalue weighted by atomic mass is 10.2. The summed E-state index contributed by atoms with van der Waals surface area (Å²) in [6, 6.07) is 18.2. The number of rotatable bonds is 8. The molecule has 3 aromatic carbocycles. The maximum atomic E-state index is 13.2. The molecule has 1 heterocycles. The molecule has 0 spiro atoms. The summed E-state index contributed by atoms with van der Waals surface area (Å²) in [6.45, 7) is 3.81. The summed E-state index contributed by atoms with van der Waals surface area (Å²) in [6.07, 6.45) is 0. The molecule has 0 fully saturated rings. The second-order valence-electron chi connectivity index (χ2n) is 8.19. The molecule has 8 nitrogen and oxygen atoms in total. The van der Waals surface area contributed by atoms with E-state index in [1.165, 1.54) is 35.9 Å². The molecular formula is C27H26N2O6S2. The lowest BCUT2D eigenvalue weighted by Gasteiger charge is -2.20. The zero-order chi connectivity index (χ0) is 26.7. The van der Waals surface area contributed by atoms with Crippen molar-refractivity contribution in [2.45, 2.75) is 18.7 Å². The molecule has 37 heavy (non-hydrogen) atoms. The lowest BCUT2D eigenvalue weighted by Crippen LogP contribution is -2.26. The maximum absolute atomic E-state index is 13.2. The minimum absolute atomic E-state index is 0.160. The molecule has 192 valence electrons. The summed E-state index contributed by atoms with van der Waals surface area (Å²) in [7, 11) is -0.770. The number of methoxy groups -OCH3 is 1. The number of carbonyl (C=O) groups excluding carboxylic acids is 2. The highest BCUT2D eigenvalue weighted by Gasteiger charge is 2.23. The molecule has 10 heteroatoms. The minimum Gasteiger partial charge on any atom is -0.496 e. The smallest absolute Gasteiger partial charge is 0.338 e. The Balaban J connectivity index is 1.53. The van der Waals surface area contributed by atoms with Gasteiger partial charge in [-0.1, -0.05) is 0 Å². The van der Waals surface area contributed by atoms with Gasteiger partial charge < -0.3 is 14.8 Å². The van der Waals surface area contributed by atoms with Crippen molar-refractivity contribution >= 4 is 54.7 Å². The molecule has 0 saturated carbocycles. The van der Waals surface area contributed by atoms with Gasteiger partial charge in [-0.15, -0.1) is 11.3 Å². The number of fused-ring (bicyclic) bond motifs is 1. The number of sulfonamides is 1. The number of nitrogens with zero attached hydrogens (tertiary/aromatic N) is 1. The molecule has 1 amide bonds. The monoisotopic (exact) mass is 538 g/mol. The van der Waals surface area contributed by atoms with Crippen LogP contribution in [0.3, 0.4) is 0 Å². The average Bonchev–Trinajstić information content (AvgIpc) is 3.32. The predicted octanol–water partition coefficient (Wildman–Crippen LogP) is 5.47. The molecule has 0 unspecified atom stereocenters. The van der Waals surface area contributed by atoms with E-state index < -0.39 is 16.0 Å². The van der Waals surface area contributed by atoms with E-state index in [0.29, 0.717) is 27.6 Å². The Kier molecular flexibility index (Phi) is 7.51. The molecule has 0 atom stereocenters. The van der Waals surface area contributed by atoms with Crippen LogP contribution in [0.15, 0.2) is 71.6 Å². The number of carbonyl (C=O) groups is 2. The van der Waals surface area contributed by atoms with Gasteiger partial charge in [-0.05, 0) is 91.5 Å². The molecule has 0 aliphatic carbocycles. The highest BCUT2D eigenvalue weighted by molar-refractivity contribution is 7.92. The Morgan fingerprint density at radius 2 is 1.73 bits per heavy atom. The highest BCUT2D eigenvalue weighted by atomic mass is 32.2. The van der Waals surface area contributed by atoms with Crippen molar-refractivity contribution in [2.75, 3.05) is 30.4 Å². The van der Waals surface area contributed by atoms with Crippen molar-refractivity contribution in [2.24, 2.45) is 0 Å². The summed E-state index contributed by atoms with van der Waals surface area (Å²) in [5, 5.41) is 3.57. The number of aryl methyl sites for hydroxylation is 1. The number of esters is 1. The first-order chi connectivity index (χ1) is 17.6. The van der Waals surface area contributed by atoms with Crippen LogP contribution in [-0.4, -0.2) is 41.1 Å². The first kappa shape index (κ1) is 26.2. The Labute approximate surface area is 219 Å². The Morgan fingerprint density at radius 1 is 1.00 bits per heavy atom. The van der Waals surface area contributed by atoms with Crippen molar-refractivity contribution in [3.63, 3.8) is 0 Å². The van der Waals surface area contributed by atoms with Gasteiger partial charge in [-0.25, -0.2) is 13.2 Å². The first-order valence-corrected chi connectivity index (χ1v) is 13.7. The van der Waals surface area contributed by atoms with Crippen LogP contribution in [0.1, 0.15) is 32.5 Å². The van der Waals surface area contributed by atoms with E-state index in [1.807, 2.05) is 0 Å². The fraction of sp³-hybridized carbons (Fsp3) is 0.185. The number of hydrogen-bond donors (Lipinski definition) is 1. The third kappa shape index (κ3) is 5.45. The Bertz CT molecular complexity index is 1580. The van der Waals surface area contributed by atoms with Crippen LogP contribution in [0.2, 0.25) is 0 Å². The SMILES string of the molecule is CCOC(=O)c1ccc(NC(=O)c2cc3cc(N(C)S(=O)(=O)c4ccc(OC)c(C)c4)ccc3s2)cc1. The summed E-state index contributed by atoms with van der Waals surface area (Å²) < 4.78 is 38.7. The Hall–Kier alpha value is -3.89. The van der Waals surface area contributed by atoms with Crippen molar-refractivity contribution in [3.8, 4) is 5.75 Å². The zero-order valence-electron chi connectivity index (χ0n) is 20.8. The molecule has 1 aromatic heterocycles. The van der Waals surface area contributed by atoms with E-state index in [1.54, 1.807) is 74.5 Å². The van der Waals surface area contributed by atoms with Crippen LogP contribution in [0.4, 0.5) is 11.4 Å². The zero-order valence-corrected chi connectivity index (χ0v) is 22.4. The summed E-state index contributed by atoms with van der Waals surface area (Å²) in [5.41, 5.74) is 2.13. The van der Waals surface area contributed by atoms with Crippen molar-refractivity contribution < 1.29 is 27.5 Å². The molecule has 0 bridgehead atoms. The molecule has 1 N–H and O–H groups in total. The van der Waals surface area contributed by atoms with Gasteiger partial charge in [-0.3, -0.25) is 9.10 Å². The summed E-state index contributed by atoms with van der Waals surface area (Å²) in [4.78, 5) is 25.3. The molecule has 4 rings (SSSR count). The fourth-order valence-corrected chi connectivity index (χ4v) is 5.95. The van der Waals surface area contributed by atoms with E-state index in [9.17, 15) is 18.0 Å². The number of nitrogens with one attached hydrogen (secondary N) is 1. The topological polar surface area (TPSA) is 102 Å². The fourth-order valence-electron chi connectivity index (χ4n) is 3.74. The third-order valence-corrected chi connectivity index (χ3v) is 8.66. The average molecular weight is 539 g/mol. The van der Waals surface area contributed by atoms with Crippen LogP contribution in [-0.2, 0) is 14.8 Å². The van der Waals surface area contributed by atoms with Crippen LogP contribution in [0.25, 0.3) is 10.1 Å². The van der Waals surface area contributed by atoms with Gasteiger partial charge in [0.05, 0.1) is 34.7 Å². The van der Waals surface area contributed by atoms with Gasteiger partial charge in [0.15, 0.2) is 0 Å². The van der Waals surface area contributed by atoms with Crippen molar-refractivity contribution in [3.05, 3.63) is 82.7 Å². The largest absolute Gasteiger partial charge is 0.496 e. The van der Waals surface area contributed by atoms with Gasteiger partial charge in [0.1, 0.15) is 5.75 Å². The maximum Gasteiger partial charge on any atom is 0.338 e. The number of thiophene rings is 1. The Morgan fingerprint density at radius 3 is 2.38 bits per heavy atom. The first-order valence-electron chi connectivity index (χ1n) is 11.4. The molecular weight excluding hydrogens is 512 g/mol. The van der Waals surface area contributed by atoms with Crippen LogP contribution < -0.4 is 14.4 Å². The summed E-state index contributed by atoms with van der Waals surface area (Å²) >= 11 is 1.30. The van der Waals surface area contributed by atoms with Crippen molar-refractivity contribution in [1.82, 2.24) is 0 Å². The standard InChI is InChI=1S/C27H26N2O6S2/c1-5-35-27(31)18-6-8-20(9-7-18)28-26(30)25-16-19-15-21(10-13-24(19)36-25)29(3)37(32,33)22-11-12-23(34-4)17(2)14-22/h6-16H,5H2,1-4H3,(H,28,30). The van der Waals surface area contributed by atoms with Crippen molar-refractivity contribution in [1.29, 1.82) is 0 Å². The summed E-state index contributed by atoms with van der Waals surface area (Å²) in [5.74, 6) is -0.113. The normalized spacial score (nSPS) is 11.2. The van der Waals surface area contributed by atoms with Gasteiger partial charge in [0.2, 0.25) is 0 Å². The van der Waals surface area contributed by atoms with E-state index in [2.05, 4.69) is 5.32 Å². The van der Waals surface area contributed by atoms with E-state index >= 15 is 0 Å². The van der Waals surface area contributed by atoms with Gasteiger partial charge in [-0.2, -0.15) is 0 Å². The van der Waals surface area contributed by atoms with Gasteiger partial charge >= 0.3 is 5.97 Å². The molecule has 0 saturated heterocycles. The molecule has 0 aliphatic rings. The van der Waals surface area contributed by atoms with Crippen LogP contribution in [0.5, 0.6) is 5.75 Å². The molecule has 0 radical (unpaired) electrons. The van der Waals surface area contributed by atoms with Gasteiger partial charge in [0, 0.05) is 17.4 Å². The number of amides is 1. The molecule has 0 aliphatic heterocycles. The van der Waals surface area contributed by atoms with Crippen LogP contribution in [0, 0.1) is 6.92 Å². The highest BCUT2D eigenvalue weighted by Crippen LogP contribution is 2.32. The second-order valence-corrected chi connectivity index (χ2v) is 11.2. The second kappa shape index (κ2) is 10.6. The lowest BCUT2D eigenvalue weighted by molar-refractivity contribution is 0.0526. The van der Waals surface area contributed by atoms with E-state index in [-0.39, 0.29) is 17.4 Å². The quantitative estimate of drug-likeness (QED) is 0.299. The van der Waals surface area contributed by atoms with E-state index in [4.69, 9.17) is 9.47 Å². The minimum atomic E-state index is -3.80. The molecule has 4 aromatic rings. The van der Waals surface area contributed by atoms with E-state index in [0.717, 1.165) is 15.6 Å². The third-order valence-electron chi connectivity index (χ3n) is 5.77. The van der Waals surface area contributed by atoms with Crippen LogP contribution >= 0.6 is 11.3 Å². The number of benzene rings is 3. The number of anilines is 2. The number of hydrogen-bond acceptors (Lipinski definition) is 7. The predicted molar refractivity (Wildman–Crippen MR) is 145 cm³/mol. The van der Waals surface area contributed by atoms with Gasteiger partial charge in [0.25, 0.3) is 15.9 Å². The number of ether oxygens (including phenoxy) is 2.